The topological polar surface area (TPSA) is 106 Å². The molecule has 3 heterocycles. The van der Waals surface area contributed by atoms with Crippen LogP contribution in [0.5, 0.6) is 11.6 Å². The van der Waals surface area contributed by atoms with Gasteiger partial charge in [-0.15, -0.1) is 0 Å². The number of carbonyl (C=O) groups excluding carboxylic acids is 1. The summed E-state index contributed by atoms with van der Waals surface area (Å²) in [5.74, 6) is -1.66. The van der Waals surface area contributed by atoms with Gasteiger partial charge in [-0.1, -0.05) is 18.2 Å². The molecule has 0 unspecified atom stereocenters. The first-order valence-electron chi connectivity index (χ1n) is 10.0. The summed E-state index contributed by atoms with van der Waals surface area (Å²) in [6, 6.07) is 12.4. The number of fused-ring (bicyclic) bond motifs is 1. The van der Waals surface area contributed by atoms with Crippen LogP contribution in [-0.2, 0) is 9.53 Å². The molecular weight excluding hydrogens is 415 g/mol. The van der Waals surface area contributed by atoms with Gasteiger partial charge in [0.1, 0.15) is 22.9 Å². The second-order valence-corrected chi connectivity index (χ2v) is 7.11. The molecule has 1 aromatic carbocycles. The number of ether oxygens (including phenoxy) is 2. The average molecular weight is 434 g/mol. The Labute approximate surface area is 182 Å². The Morgan fingerprint density at radius 3 is 2.91 bits per heavy atom. The van der Waals surface area contributed by atoms with Crippen LogP contribution in [0.4, 0.5) is 4.39 Å². The number of amides is 1. The van der Waals surface area contributed by atoms with Crippen molar-refractivity contribution >= 4 is 17.6 Å². The van der Waals surface area contributed by atoms with E-state index < -0.39 is 17.3 Å². The van der Waals surface area contributed by atoms with Crippen LogP contribution >= 0.6 is 0 Å². The normalized spacial score (nSPS) is 16.0. The van der Waals surface area contributed by atoms with Gasteiger partial charge >= 0.3 is 0 Å². The van der Waals surface area contributed by atoms with E-state index in [9.17, 15) is 19.2 Å². The Bertz CT molecular complexity index is 1290. The smallest absolute Gasteiger partial charge is 0.269 e. The quantitative estimate of drug-likeness (QED) is 0.472. The number of pyridine rings is 1. The second-order valence-electron chi connectivity index (χ2n) is 7.11. The van der Waals surface area contributed by atoms with Crippen LogP contribution in [-0.4, -0.2) is 34.5 Å². The fraction of sp³-hybridized carbons (Fsp3) is 0.217. The van der Waals surface area contributed by atoms with Crippen molar-refractivity contribution in [3.63, 3.8) is 0 Å². The number of para-hydroxylation sites is 1. The first-order valence-corrected chi connectivity index (χ1v) is 10.0. The maximum Gasteiger partial charge on any atom is 0.269 e. The molecule has 1 aliphatic rings. The van der Waals surface area contributed by atoms with E-state index in [0.29, 0.717) is 6.61 Å². The third kappa shape index (κ3) is 4.50. The van der Waals surface area contributed by atoms with Crippen molar-refractivity contribution in [2.45, 2.75) is 18.9 Å². The highest BCUT2D eigenvalue weighted by Gasteiger charge is 2.20. The van der Waals surface area contributed by atoms with Crippen molar-refractivity contribution < 1.29 is 18.7 Å². The maximum absolute atomic E-state index is 14.1. The standard InChI is InChI=1S/C23H19FN4O4/c24-18-7-1-2-8-19(18)32-22-17(23(30)28-10-4-3-9-20(28)27-22)12-15(13-25)21(29)26-14-16-6-5-11-31-16/h1-4,7-10,12,16H,5-6,11,14H2,(H,26,29)/b15-12+/t16-/m1/s1. The molecule has 0 bridgehead atoms. The third-order valence-electron chi connectivity index (χ3n) is 4.95. The van der Waals surface area contributed by atoms with Gasteiger partial charge in [-0.3, -0.25) is 14.0 Å². The van der Waals surface area contributed by atoms with Crippen LogP contribution in [0, 0.1) is 17.1 Å². The summed E-state index contributed by atoms with van der Waals surface area (Å²) < 4.78 is 26.4. The highest BCUT2D eigenvalue weighted by Crippen LogP contribution is 2.26. The lowest BCUT2D eigenvalue weighted by Gasteiger charge is -2.12. The van der Waals surface area contributed by atoms with Gasteiger partial charge in [0.05, 0.1) is 6.10 Å². The summed E-state index contributed by atoms with van der Waals surface area (Å²) in [4.78, 5) is 30.0. The molecule has 8 nitrogen and oxygen atoms in total. The molecule has 162 valence electrons. The molecule has 1 fully saturated rings. The summed E-state index contributed by atoms with van der Waals surface area (Å²) in [6.07, 6.45) is 4.24. The van der Waals surface area contributed by atoms with Gasteiger partial charge < -0.3 is 14.8 Å². The van der Waals surface area contributed by atoms with Crippen molar-refractivity contribution in [2.75, 3.05) is 13.2 Å². The molecular formula is C23H19FN4O4. The molecule has 0 saturated carbocycles. The fourth-order valence-electron chi connectivity index (χ4n) is 3.32. The molecule has 4 rings (SSSR count). The molecule has 1 aliphatic heterocycles. The number of carbonyl (C=O) groups is 1. The summed E-state index contributed by atoms with van der Waals surface area (Å²) in [5.41, 5.74) is -0.763. The number of nitrogens with zero attached hydrogens (tertiary/aromatic N) is 3. The van der Waals surface area contributed by atoms with Crippen LogP contribution in [0.2, 0.25) is 0 Å². The number of rotatable bonds is 6. The van der Waals surface area contributed by atoms with Crippen molar-refractivity contribution in [1.82, 2.24) is 14.7 Å². The number of halogens is 1. The highest BCUT2D eigenvalue weighted by molar-refractivity contribution is 6.01. The minimum absolute atomic E-state index is 0.105. The predicted molar refractivity (Wildman–Crippen MR) is 114 cm³/mol. The lowest BCUT2D eigenvalue weighted by atomic mass is 10.1. The van der Waals surface area contributed by atoms with Crippen molar-refractivity contribution in [3.05, 3.63) is 76.0 Å². The number of hydrogen-bond acceptors (Lipinski definition) is 6. The molecule has 9 heteroatoms. The molecule has 0 radical (unpaired) electrons. The van der Waals surface area contributed by atoms with E-state index in [2.05, 4.69) is 10.3 Å². The second kappa shape index (κ2) is 9.41. The van der Waals surface area contributed by atoms with Crippen molar-refractivity contribution in [2.24, 2.45) is 0 Å². The highest BCUT2D eigenvalue weighted by atomic mass is 19.1. The third-order valence-corrected chi connectivity index (χ3v) is 4.95. The monoisotopic (exact) mass is 434 g/mol. The van der Waals surface area contributed by atoms with Gasteiger partial charge in [0, 0.05) is 19.3 Å². The lowest BCUT2D eigenvalue weighted by molar-refractivity contribution is -0.117. The molecule has 1 N–H and O–H groups in total. The molecule has 32 heavy (non-hydrogen) atoms. The minimum Gasteiger partial charge on any atom is -0.435 e. The summed E-state index contributed by atoms with van der Waals surface area (Å²) in [6.45, 7) is 0.892. The molecule has 1 amide bonds. The summed E-state index contributed by atoms with van der Waals surface area (Å²) >= 11 is 0. The van der Waals surface area contributed by atoms with Crippen molar-refractivity contribution in [1.29, 1.82) is 5.26 Å². The van der Waals surface area contributed by atoms with Crippen LogP contribution in [0.15, 0.2) is 59.0 Å². The van der Waals surface area contributed by atoms with E-state index >= 15 is 0 Å². The van der Waals surface area contributed by atoms with Crippen LogP contribution in [0.1, 0.15) is 18.4 Å². The number of benzene rings is 1. The number of aromatic nitrogens is 2. The SMILES string of the molecule is N#C/C(=C\c1c(Oc2ccccc2F)nc2ccccn2c1=O)C(=O)NC[C@H]1CCCO1. The van der Waals surface area contributed by atoms with Gasteiger partial charge in [0.15, 0.2) is 11.6 Å². The first-order chi connectivity index (χ1) is 15.6. The average Bonchev–Trinajstić information content (AvgIpc) is 3.33. The van der Waals surface area contributed by atoms with E-state index in [1.54, 1.807) is 30.3 Å². The Morgan fingerprint density at radius 2 is 2.16 bits per heavy atom. The van der Waals surface area contributed by atoms with E-state index in [-0.39, 0.29) is 41.1 Å². The molecule has 0 spiro atoms. The Kier molecular flexibility index (Phi) is 6.24. The minimum atomic E-state index is -0.655. The van der Waals surface area contributed by atoms with E-state index in [4.69, 9.17) is 9.47 Å². The zero-order chi connectivity index (χ0) is 22.5. The molecule has 0 aliphatic carbocycles. The van der Waals surface area contributed by atoms with Gasteiger partial charge in [0.25, 0.3) is 11.5 Å². The zero-order valence-corrected chi connectivity index (χ0v) is 17.0. The largest absolute Gasteiger partial charge is 0.435 e. The number of hydrogen-bond donors (Lipinski definition) is 1. The van der Waals surface area contributed by atoms with Gasteiger partial charge in [0.2, 0.25) is 5.88 Å². The molecule has 2 aromatic heterocycles. The van der Waals surface area contributed by atoms with Crippen molar-refractivity contribution in [3.8, 4) is 17.7 Å². The van der Waals surface area contributed by atoms with Gasteiger partial charge in [-0.25, -0.2) is 4.39 Å². The van der Waals surface area contributed by atoms with Gasteiger partial charge in [-0.05, 0) is 43.2 Å². The lowest BCUT2D eigenvalue weighted by Crippen LogP contribution is -2.32. The van der Waals surface area contributed by atoms with E-state index in [0.717, 1.165) is 18.9 Å². The molecule has 1 saturated heterocycles. The molecule has 1 atom stereocenters. The number of nitrogens with one attached hydrogen (secondary N) is 1. The van der Waals surface area contributed by atoms with Crippen LogP contribution < -0.4 is 15.6 Å². The van der Waals surface area contributed by atoms with Crippen LogP contribution in [0.3, 0.4) is 0 Å². The zero-order valence-electron chi connectivity index (χ0n) is 17.0. The van der Waals surface area contributed by atoms with E-state index in [1.807, 2.05) is 0 Å². The molecule has 3 aromatic rings. The maximum atomic E-state index is 14.1. The first kappa shape index (κ1) is 21.2. The Balaban J connectivity index is 1.74. The summed E-state index contributed by atoms with van der Waals surface area (Å²) in [5, 5.41) is 12.2. The van der Waals surface area contributed by atoms with Gasteiger partial charge in [-0.2, -0.15) is 10.2 Å². The fourth-order valence-corrected chi connectivity index (χ4v) is 3.32. The Hall–Kier alpha value is -4.03. The summed E-state index contributed by atoms with van der Waals surface area (Å²) in [7, 11) is 0. The van der Waals surface area contributed by atoms with Crippen LogP contribution in [0.25, 0.3) is 11.7 Å². The Morgan fingerprint density at radius 1 is 1.34 bits per heavy atom. The number of nitriles is 1. The van der Waals surface area contributed by atoms with E-state index in [1.165, 1.54) is 28.8 Å². The predicted octanol–water partition coefficient (Wildman–Crippen LogP) is 2.83.